The van der Waals surface area contributed by atoms with E-state index in [2.05, 4.69) is 22.9 Å². The van der Waals surface area contributed by atoms with Gasteiger partial charge in [-0.05, 0) is 24.1 Å². The molecule has 0 aliphatic carbocycles. The summed E-state index contributed by atoms with van der Waals surface area (Å²) in [5.74, 6) is -1.73. The van der Waals surface area contributed by atoms with Gasteiger partial charge in [0.1, 0.15) is 0 Å². The van der Waals surface area contributed by atoms with Gasteiger partial charge in [0.2, 0.25) is 0 Å². The number of hydrogen-bond acceptors (Lipinski definition) is 0. The van der Waals surface area contributed by atoms with Crippen molar-refractivity contribution in [1.82, 2.24) is 0 Å². The van der Waals surface area contributed by atoms with Crippen LogP contribution in [0.5, 0.6) is 0 Å². The lowest BCUT2D eigenvalue weighted by Gasteiger charge is -2.12. The highest BCUT2D eigenvalue weighted by atomic mass is 79.9. The Morgan fingerprint density at radius 1 is 1.00 bits per heavy atom. The van der Waals surface area contributed by atoms with Crippen LogP contribution in [0.25, 0.3) is 0 Å². The molecule has 1 unspecified atom stereocenters. The summed E-state index contributed by atoms with van der Waals surface area (Å²) in [6, 6.07) is 2.24. The number of benzene rings is 1. The first-order valence-corrected chi connectivity index (χ1v) is 8.64. The largest absolute Gasteiger partial charge is 0.204 e. The van der Waals surface area contributed by atoms with Crippen molar-refractivity contribution in [2.24, 2.45) is 0 Å². The van der Waals surface area contributed by atoms with Crippen LogP contribution in [0.1, 0.15) is 68.7 Å². The summed E-state index contributed by atoms with van der Waals surface area (Å²) in [5, 5.41) is 0.286. The molecule has 0 amide bonds. The molecule has 0 saturated heterocycles. The monoisotopic (exact) mass is 366 g/mol. The van der Waals surface area contributed by atoms with Crippen molar-refractivity contribution >= 4 is 27.5 Å². The van der Waals surface area contributed by atoms with E-state index in [1.165, 1.54) is 44.6 Å². The molecule has 0 aliphatic heterocycles. The van der Waals surface area contributed by atoms with Gasteiger partial charge < -0.3 is 0 Å². The Morgan fingerprint density at radius 3 is 2.20 bits per heavy atom. The van der Waals surface area contributed by atoms with Gasteiger partial charge in [-0.25, -0.2) is 8.78 Å². The molecule has 20 heavy (non-hydrogen) atoms. The molecule has 1 rings (SSSR count). The van der Waals surface area contributed by atoms with Gasteiger partial charge in [0.25, 0.3) is 0 Å². The summed E-state index contributed by atoms with van der Waals surface area (Å²) in [7, 11) is 0. The summed E-state index contributed by atoms with van der Waals surface area (Å²) in [6.45, 7) is 2.21. The van der Waals surface area contributed by atoms with Crippen LogP contribution in [0.2, 0.25) is 5.02 Å². The molecular formula is C16H22BrClF2. The predicted octanol–water partition coefficient (Wildman–Crippen LogP) is 7.19. The van der Waals surface area contributed by atoms with Crippen LogP contribution in [0.3, 0.4) is 0 Å². The van der Waals surface area contributed by atoms with Gasteiger partial charge in [0, 0.05) is 9.85 Å². The molecule has 114 valence electrons. The standard InChI is InChI=1S/C16H22BrClF2/c1-2-3-4-5-6-7-8-9-13(17)12-10-15(19)16(20)11-14(12)18/h10-11,13H,2-9H2,1H3. The first-order chi connectivity index (χ1) is 9.56. The maximum atomic E-state index is 13.2. The second-order valence-electron chi connectivity index (χ2n) is 5.17. The number of halogens is 4. The molecule has 4 heteroatoms. The normalized spacial score (nSPS) is 12.7. The van der Waals surface area contributed by atoms with Crippen molar-refractivity contribution in [1.29, 1.82) is 0 Å². The molecule has 0 nitrogen and oxygen atoms in total. The lowest BCUT2D eigenvalue weighted by Crippen LogP contribution is -1.95. The molecule has 0 N–H and O–H groups in total. The fourth-order valence-corrected chi connectivity index (χ4v) is 3.33. The molecule has 0 bridgehead atoms. The molecule has 0 radical (unpaired) electrons. The molecule has 0 spiro atoms. The Balaban J connectivity index is 2.32. The maximum absolute atomic E-state index is 13.2. The highest BCUT2D eigenvalue weighted by Gasteiger charge is 2.15. The quantitative estimate of drug-likeness (QED) is 0.246. The fourth-order valence-electron chi connectivity index (χ4n) is 2.21. The van der Waals surface area contributed by atoms with Crippen LogP contribution in [0.4, 0.5) is 8.78 Å². The highest BCUT2D eigenvalue weighted by molar-refractivity contribution is 9.09. The van der Waals surface area contributed by atoms with E-state index < -0.39 is 11.6 Å². The van der Waals surface area contributed by atoms with E-state index in [4.69, 9.17) is 11.6 Å². The topological polar surface area (TPSA) is 0 Å². The van der Waals surface area contributed by atoms with Gasteiger partial charge in [-0.3, -0.25) is 0 Å². The SMILES string of the molecule is CCCCCCCCCC(Br)c1cc(F)c(F)cc1Cl. The third-order valence-corrected chi connectivity index (χ3v) is 4.72. The lowest BCUT2D eigenvalue weighted by molar-refractivity contribution is 0.506. The number of alkyl halides is 1. The van der Waals surface area contributed by atoms with Crippen LogP contribution in [0, 0.1) is 11.6 Å². The highest BCUT2D eigenvalue weighted by Crippen LogP contribution is 2.34. The Bertz CT molecular complexity index is 410. The van der Waals surface area contributed by atoms with Crippen LogP contribution < -0.4 is 0 Å². The van der Waals surface area contributed by atoms with Crippen molar-refractivity contribution in [2.75, 3.05) is 0 Å². The van der Waals surface area contributed by atoms with E-state index >= 15 is 0 Å². The number of unbranched alkanes of at least 4 members (excludes halogenated alkanes) is 6. The first kappa shape index (κ1) is 17.9. The van der Waals surface area contributed by atoms with Gasteiger partial charge in [0.15, 0.2) is 11.6 Å². The van der Waals surface area contributed by atoms with Crippen molar-refractivity contribution in [3.63, 3.8) is 0 Å². The summed E-state index contributed by atoms with van der Waals surface area (Å²) in [4.78, 5) is -0.0132. The smallest absolute Gasteiger partial charge is 0.160 e. The van der Waals surface area contributed by atoms with E-state index in [0.29, 0.717) is 5.56 Å². The molecule has 0 heterocycles. The van der Waals surface area contributed by atoms with E-state index in [1.807, 2.05) is 0 Å². The van der Waals surface area contributed by atoms with E-state index in [9.17, 15) is 8.78 Å². The number of hydrogen-bond donors (Lipinski definition) is 0. The number of rotatable bonds is 9. The van der Waals surface area contributed by atoms with Gasteiger partial charge >= 0.3 is 0 Å². The van der Waals surface area contributed by atoms with Gasteiger partial charge in [-0.2, -0.15) is 0 Å². The third-order valence-electron chi connectivity index (χ3n) is 3.44. The minimum atomic E-state index is -0.894. The van der Waals surface area contributed by atoms with Crippen molar-refractivity contribution in [2.45, 2.75) is 63.1 Å². The van der Waals surface area contributed by atoms with E-state index in [1.54, 1.807) is 0 Å². The van der Waals surface area contributed by atoms with E-state index in [0.717, 1.165) is 18.9 Å². The average Bonchev–Trinajstić information content (AvgIpc) is 2.41. The van der Waals surface area contributed by atoms with Gasteiger partial charge in [-0.1, -0.05) is 79.4 Å². The molecule has 1 aromatic rings. The lowest BCUT2D eigenvalue weighted by atomic mass is 10.0. The zero-order valence-electron chi connectivity index (χ0n) is 11.9. The van der Waals surface area contributed by atoms with Crippen LogP contribution in [0.15, 0.2) is 12.1 Å². The van der Waals surface area contributed by atoms with Gasteiger partial charge in [-0.15, -0.1) is 0 Å². The molecule has 0 aliphatic rings. The Labute approximate surface area is 134 Å². The van der Waals surface area contributed by atoms with Crippen molar-refractivity contribution in [3.05, 3.63) is 34.4 Å². The summed E-state index contributed by atoms with van der Waals surface area (Å²) in [5.41, 5.74) is 0.636. The molecule has 1 atom stereocenters. The van der Waals surface area contributed by atoms with Gasteiger partial charge in [0.05, 0.1) is 0 Å². The summed E-state index contributed by atoms with van der Waals surface area (Å²) < 4.78 is 26.2. The first-order valence-electron chi connectivity index (χ1n) is 7.34. The zero-order valence-corrected chi connectivity index (χ0v) is 14.2. The van der Waals surface area contributed by atoms with E-state index in [-0.39, 0.29) is 9.85 Å². The predicted molar refractivity (Wildman–Crippen MR) is 85.6 cm³/mol. The average molecular weight is 368 g/mol. The fraction of sp³-hybridized carbons (Fsp3) is 0.625. The Morgan fingerprint density at radius 2 is 1.55 bits per heavy atom. The Kier molecular flexibility index (Phi) is 8.70. The van der Waals surface area contributed by atoms with Crippen molar-refractivity contribution < 1.29 is 8.78 Å². The second-order valence-corrected chi connectivity index (χ2v) is 6.68. The summed E-state index contributed by atoms with van der Waals surface area (Å²) in [6.07, 6.45) is 9.54. The molecule has 1 aromatic carbocycles. The minimum Gasteiger partial charge on any atom is -0.204 e. The Hall–Kier alpha value is -0.150. The van der Waals surface area contributed by atoms with Crippen LogP contribution >= 0.6 is 27.5 Å². The molecule has 0 fully saturated rings. The van der Waals surface area contributed by atoms with Crippen molar-refractivity contribution in [3.8, 4) is 0 Å². The molecule has 0 saturated carbocycles. The third kappa shape index (κ3) is 6.09. The second kappa shape index (κ2) is 9.73. The van der Waals surface area contributed by atoms with Crippen LogP contribution in [-0.2, 0) is 0 Å². The van der Waals surface area contributed by atoms with Crippen LogP contribution in [-0.4, -0.2) is 0 Å². The molecular weight excluding hydrogens is 346 g/mol. The maximum Gasteiger partial charge on any atom is 0.160 e. The zero-order chi connectivity index (χ0) is 15.0. The minimum absolute atomic E-state index is 0.0132. The molecule has 0 aromatic heterocycles. The summed E-state index contributed by atoms with van der Waals surface area (Å²) >= 11 is 9.47.